The van der Waals surface area contributed by atoms with Gasteiger partial charge in [0.05, 0.1) is 11.6 Å². The zero-order chi connectivity index (χ0) is 20.5. The molecule has 1 N–H and O–H groups in total. The highest BCUT2D eigenvalue weighted by Crippen LogP contribution is 2.44. The van der Waals surface area contributed by atoms with Gasteiger partial charge in [0.1, 0.15) is 11.5 Å². The number of rotatable bonds is 4. The molecule has 0 atom stereocenters. The molecule has 148 valence electrons. The fraction of sp³-hybridized carbons (Fsp3) is 0.120. The van der Waals surface area contributed by atoms with Gasteiger partial charge in [-0.3, -0.25) is 4.79 Å². The van der Waals surface area contributed by atoms with Gasteiger partial charge in [-0.05, 0) is 24.1 Å². The summed E-state index contributed by atoms with van der Waals surface area (Å²) < 4.78 is 6.00. The number of anilines is 1. The number of nitrogens with zero attached hydrogens (tertiary/aromatic N) is 1. The molecule has 5 rings (SSSR count). The summed E-state index contributed by atoms with van der Waals surface area (Å²) in [4.78, 5) is 18.0. The highest BCUT2D eigenvalue weighted by atomic mass is 32.1. The second-order valence-electron chi connectivity index (χ2n) is 7.19. The number of carbonyl (C=O) groups is 1. The van der Waals surface area contributed by atoms with E-state index in [-0.39, 0.29) is 5.91 Å². The maximum Gasteiger partial charge on any atom is 0.238 e. The molecule has 1 aromatic heterocycles. The number of para-hydroxylation sites is 2. The minimum atomic E-state index is -0.442. The Hall–Kier alpha value is -3.44. The fourth-order valence-corrected chi connectivity index (χ4v) is 4.47. The molecular formula is C25H20N2O2S. The second kappa shape index (κ2) is 7.76. The molecule has 0 bridgehead atoms. The Morgan fingerprint density at radius 3 is 2.23 bits per heavy atom. The van der Waals surface area contributed by atoms with E-state index in [1.54, 1.807) is 0 Å². The van der Waals surface area contributed by atoms with Crippen LogP contribution in [0.25, 0.3) is 11.3 Å². The first-order valence-corrected chi connectivity index (χ1v) is 10.8. The zero-order valence-corrected chi connectivity index (χ0v) is 17.3. The lowest BCUT2D eigenvalue weighted by atomic mass is 9.87. The lowest BCUT2D eigenvalue weighted by Gasteiger charge is -2.27. The third kappa shape index (κ3) is 3.37. The van der Waals surface area contributed by atoms with E-state index in [0.29, 0.717) is 16.6 Å². The Morgan fingerprint density at radius 1 is 0.967 bits per heavy atom. The number of nitrogens with one attached hydrogen (secondary N) is 1. The minimum Gasteiger partial charge on any atom is -0.457 e. The van der Waals surface area contributed by atoms with Crippen LogP contribution in [0.1, 0.15) is 29.5 Å². The molecule has 1 amide bonds. The highest BCUT2D eigenvalue weighted by molar-refractivity contribution is 7.14. The highest BCUT2D eigenvalue weighted by Gasteiger charge is 2.32. The molecule has 5 heteroatoms. The molecular weight excluding hydrogens is 392 g/mol. The quantitative estimate of drug-likeness (QED) is 0.431. The van der Waals surface area contributed by atoms with E-state index in [1.807, 2.05) is 53.9 Å². The average Bonchev–Trinajstić information content (AvgIpc) is 3.25. The van der Waals surface area contributed by atoms with Gasteiger partial charge in [-0.2, -0.15) is 0 Å². The summed E-state index contributed by atoms with van der Waals surface area (Å²) in [5.41, 5.74) is 4.93. The van der Waals surface area contributed by atoms with E-state index in [2.05, 4.69) is 41.5 Å². The van der Waals surface area contributed by atoms with E-state index in [1.165, 1.54) is 16.9 Å². The van der Waals surface area contributed by atoms with Crippen molar-refractivity contribution in [2.75, 3.05) is 5.32 Å². The summed E-state index contributed by atoms with van der Waals surface area (Å²) in [7, 11) is 0. The van der Waals surface area contributed by atoms with Crippen LogP contribution in [-0.2, 0) is 11.2 Å². The number of aryl methyl sites for hydroxylation is 1. The first-order chi connectivity index (χ1) is 14.7. The van der Waals surface area contributed by atoms with Crippen molar-refractivity contribution in [2.45, 2.75) is 19.3 Å². The Morgan fingerprint density at radius 2 is 1.60 bits per heavy atom. The number of hydrogen-bond acceptors (Lipinski definition) is 4. The third-order valence-electron chi connectivity index (χ3n) is 5.33. The predicted octanol–water partition coefficient (Wildman–Crippen LogP) is 6.25. The summed E-state index contributed by atoms with van der Waals surface area (Å²) in [6, 6.07) is 23.7. The maximum atomic E-state index is 13.3. The van der Waals surface area contributed by atoms with Crippen LogP contribution < -0.4 is 10.1 Å². The van der Waals surface area contributed by atoms with E-state index < -0.39 is 5.92 Å². The molecule has 0 radical (unpaired) electrons. The normalized spacial score (nSPS) is 12.6. The van der Waals surface area contributed by atoms with Gasteiger partial charge < -0.3 is 10.1 Å². The van der Waals surface area contributed by atoms with Crippen LogP contribution in [-0.4, -0.2) is 10.9 Å². The van der Waals surface area contributed by atoms with Gasteiger partial charge in [0.15, 0.2) is 5.13 Å². The molecule has 0 aliphatic carbocycles. The number of fused-ring (bicyclic) bond motifs is 2. The van der Waals surface area contributed by atoms with Gasteiger partial charge in [0.25, 0.3) is 0 Å². The van der Waals surface area contributed by atoms with Gasteiger partial charge in [-0.1, -0.05) is 67.6 Å². The predicted molar refractivity (Wildman–Crippen MR) is 120 cm³/mol. The first kappa shape index (κ1) is 18.6. The Kier molecular flexibility index (Phi) is 4.81. The van der Waals surface area contributed by atoms with Crippen LogP contribution in [0.4, 0.5) is 5.13 Å². The molecule has 0 spiro atoms. The molecule has 1 aliphatic rings. The van der Waals surface area contributed by atoms with Crippen molar-refractivity contribution in [2.24, 2.45) is 0 Å². The van der Waals surface area contributed by atoms with Crippen molar-refractivity contribution in [3.63, 3.8) is 0 Å². The van der Waals surface area contributed by atoms with Crippen molar-refractivity contribution in [1.82, 2.24) is 4.98 Å². The molecule has 0 unspecified atom stereocenters. The molecule has 2 heterocycles. The van der Waals surface area contributed by atoms with Crippen molar-refractivity contribution < 1.29 is 9.53 Å². The number of thiazole rings is 1. The van der Waals surface area contributed by atoms with Gasteiger partial charge >= 0.3 is 0 Å². The standard InChI is InChI=1S/C25H20N2O2S/c1-2-16-11-13-17(14-12-16)20-15-30-25(26-20)27-24(28)23-18-7-3-5-9-21(18)29-22-10-6-4-8-19(22)23/h3-15,23H,2H2,1H3,(H,26,27,28). The smallest absolute Gasteiger partial charge is 0.238 e. The lowest BCUT2D eigenvalue weighted by Crippen LogP contribution is -2.25. The Balaban J connectivity index is 1.43. The van der Waals surface area contributed by atoms with Crippen LogP contribution in [0.5, 0.6) is 11.5 Å². The van der Waals surface area contributed by atoms with Crippen molar-refractivity contribution in [3.05, 3.63) is 94.9 Å². The molecule has 4 aromatic rings. The van der Waals surface area contributed by atoms with Crippen molar-refractivity contribution >= 4 is 22.4 Å². The number of benzene rings is 3. The number of amides is 1. The molecule has 0 saturated carbocycles. The van der Waals surface area contributed by atoms with E-state index in [9.17, 15) is 4.79 Å². The van der Waals surface area contributed by atoms with Crippen LogP contribution in [0.15, 0.2) is 78.2 Å². The van der Waals surface area contributed by atoms with E-state index in [4.69, 9.17) is 4.74 Å². The summed E-state index contributed by atoms with van der Waals surface area (Å²) in [6.45, 7) is 2.14. The second-order valence-corrected chi connectivity index (χ2v) is 8.05. The number of hydrogen-bond donors (Lipinski definition) is 1. The summed E-state index contributed by atoms with van der Waals surface area (Å²) in [6.07, 6.45) is 1.01. The largest absolute Gasteiger partial charge is 0.457 e. The maximum absolute atomic E-state index is 13.3. The Bertz CT molecular complexity index is 1170. The summed E-state index contributed by atoms with van der Waals surface area (Å²) in [5, 5.41) is 5.59. The van der Waals surface area contributed by atoms with Crippen molar-refractivity contribution in [1.29, 1.82) is 0 Å². The summed E-state index contributed by atoms with van der Waals surface area (Å²) >= 11 is 1.43. The van der Waals surface area contributed by atoms with E-state index >= 15 is 0 Å². The van der Waals surface area contributed by atoms with Crippen molar-refractivity contribution in [3.8, 4) is 22.8 Å². The van der Waals surface area contributed by atoms with Gasteiger partial charge in [0, 0.05) is 22.1 Å². The van der Waals surface area contributed by atoms with Crippen LogP contribution in [0.3, 0.4) is 0 Å². The van der Waals surface area contributed by atoms with E-state index in [0.717, 1.165) is 28.8 Å². The number of carbonyl (C=O) groups excluding carboxylic acids is 1. The summed E-state index contributed by atoms with van der Waals surface area (Å²) in [5.74, 6) is 0.877. The topological polar surface area (TPSA) is 51.2 Å². The molecule has 1 aliphatic heterocycles. The van der Waals surface area contributed by atoms with Crippen LogP contribution >= 0.6 is 11.3 Å². The van der Waals surface area contributed by atoms with Gasteiger partial charge in [-0.25, -0.2) is 4.98 Å². The van der Waals surface area contributed by atoms with Crippen LogP contribution in [0, 0.1) is 0 Å². The number of ether oxygens (including phenoxy) is 1. The third-order valence-corrected chi connectivity index (χ3v) is 6.09. The molecule has 0 fully saturated rings. The molecule has 4 nitrogen and oxygen atoms in total. The lowest BCUT2D eigenvalue weighted by molar-refractivity contribution is -0.116. The average molecular weight is 413 g/mol. The Labute approximate surface area is 179 Å². The molecule has 0 saturated heterocycles. The SMILES string of the molecule is CCc1ccc(-c2csc(NC(=O)C3c4ccccc4Oc4ccccc43)n2)cc1. The monoisotopic (exact) mass is 412 g/mol. The zero-order valence-electron chi connectivity index (χ0n) is 16.5. The minimum absolute atomic E-state index is 0.111. The van der Waals surface area contributed by atoms with Gasteiger partial charge in [0.2, 0.25) is 5.91 Å². The molecule has 30 heavy (non-hydrogen) atoms. The number of aromatic nitrogens is 1. The first-order valence-electron chi connectivity index (χ1n) is 9.94. The van der Waals surface area contributed by atoms with Gasteiger partial charge in [-0.15, -0.1) is 11.3 Å². The van der Waals surface area contributed by atoms with Crippen LogP contribution in [0.2, 0.25) is 0 Å². The fourth-order valence-electron chi connectivity index (χ4n) is 3.74. The molecule has 3 aromatic carbocycles.